The highest BCUT2D eigenvalue weighted by molar-refractivity contribution is 8.28. The van der Waals surface area contributed by atoms with Crippen LogP contribution in [0.5, 0.6) is 46.0 Å². The van der Waals surface area contributed by atoms with E-state index >= 15 is 0 Å². The highest BCUT2D eigenvalue weighted by Crippen LogP contribution is 2.42. The average molecular weight is 1870 g/mol. The maximum atomic E-state index is 12.8. The number of hydrogen-bond donors (Lipinski definition) is 1. The first kappa shape index (κ1) is 94.2. The number of furan rings is 4. The fourth-order valence-corrected chi connectivity index (χ4v) is 17.4. The van der Waals surface area contributed by atoms with Crippen molar-refractivity contribution in [2.75, 3.05) is 54.6 Å². The minimum absolute atomic E-state index is 0.149. The van der Waals surface area contributed by atoms with Gasteiger partial charge in [0.25, 0.3) is 29.6 Å². The molecule has 0 aliphatic carbocycles. The van der Waals surface area contributed by atoms with Gasteiger partial charge in [0, 0.05) is 78.9 Å². The Bertz CT molecular complexity index is 5870. The number of carboxylic acids is 1. The van der Waals surface area contributed by atoms with Gasteiger partial charge in [-0.15, -0.1) is 0 Å². The molecule has 26 nitrogen and oxygen atoms in total. The summed E-state index contributed by atoms with van der Waals surface area (Å²) in [5, 5.41) is 10.9. The fourth-order valence-electron chi connectivity index (χ4n) is 12.7. The predicted octanol–water partition coefficient (Wildman–Crippen LogP) is 20.9. The van der Waals surface area contributed by atoms with Gasteiger partial charge in [-0.1, -0.05) is 193 Å². The number of amides is 4. The number of aryl methyl sites for hydroxylation is 4. The number of para-hydroxylation sites is 4. The van der Waals surface area contributed by atoms with Crippen molar-refractivity contribution in [2.24, 2.45) is 0 Å². The Hall–Kier alpha value is -12.9. The van der Waals surface area contributed by atoms with Gasteiger partial charge in [0.05, 0.1) is 46.0 Å². The number of thioether (sulfide) groups is 4. The Morgan fingerprint density at radius 3 is 0.680 bits per heavy atom. The van der Waals surface area contributed by atoms with Crippen molar-refractivity contribution in [3.05, 3.63) is 257 Å². The molecular formula is C94H80N4O22S8. The molecular weight excluding hydrogens is 1790 g/mol. The Labute approximate surface area is 772 Å². The summed E-state index contributed by atoms with van der Waals surface area (Å²) in [6.07, 6.45) is 6.95. The average Bonchev–Trinajstić information content (AvgIpc) is 1.66. The zero-order valence-electron chi connectivity index (χ0n) is 70.9. The lowest BCUT2D eigenvalue weighted by atomic mass is 10.1. The van der Waals surface area contributed by atoms with Crippen molar-refractivity contribution in [2.45, 2.75) is 62.3 Å². The zero-order valence-corrected chi connectivity index (χ0v) is 77.4. The number of benzene rings is 8. The van der Waals surface area contributed by atoms with Crippen molar-refractivity contribution >= 4 is 235 Å². The quantitative estimate of drug-likeness (QED) is 0.0321. The van der Waals surface area contributed by atoms with Crippen molar-refractivity contribution in [3.63, 3.8) is 0 Å². The summed E-state index contributed by atoms with van der Waals surface area (Å²) in [5.41, 5.74) is 8.31. The van der Waals surface area contributed by atoms with Crippen LogP contribution in [-0.2, 0) is 24.0 Å². The van der Waals surface area contributed by atoms with Crippen LogP contribution in [0.4, 0.5) is 0 Å². The van der Waals surface area contributed by atoms with Crippen molar-refractivity contribution in [1.29, 1.82) is 0 Å². The topological polar surface area (TPSA) is 313 Å². The van der Waals surface area contributed by atoms with E-state index in [4.69, 9.17) is 114 Å². The summed E-state index contributed by atoms with van der Waals surface area (Å²) in [6.45, 7) is 17.2. The number of nitrogens with zero attached hydrogens (tertiary/aromatic N) is 4. The lowest BCUT2D eigenvalue weighted by Gasteiger charge is -2.11. The predicted molar refractivity (Wildman–Crippen MR) is 511 cm³/mol. The number of carbonyl (C=O) groups is 9. The van der Waals surface area contributed by atoms with Crippen LogP contribution < -0.4 is 37.9 Å². The molecule has 12 aromatic rings. The first-order valence-electron chi connectivity index (χ1n) is 39.2. The molecule has 4 saturated heterocycles. The van der Waals surface area contributed by atoms with Crippen LogP contribution in [0, 0.1) is 27.7 Å². The first-order chi connectivity index (χ1) is 61.3. The third-order valence-electron chi connectivity index (χ3n) is 19.1. The molecule has 4 aliphatic rings. The van der Waals surface area contributed by atoms with E-state index < -0.39 is 29.8 Å². The van der Waals surface area contributed by atoms with Crippen LogP contribution >= 0.6 is 95.9 Å². The number of hydrogen-bond acceptors (Lipinski definition) is 29. The molecule has 0 radical (unpaired) electrons. The molecule has 8 heterocycles. The number of esters is 4. The zero-order chi connectivity index (χ0) is 92.1. The van der Waals surface area contributed by atoms with Crippen LogP contribution in [0.15, 0.2) is 207 Å². The van der Waals surface area contributed by atoms with E-state index in [9.17, 15) is 38.4 Å². The number of carbonyl (C=O) groups excluding carboxylic acids is 8. The van der Waals surface area contributed by atoms with Gasteiger partial charge in [0.1, 0.15) is 39.6 Å². The van der Waals surface area contributed by atoms with E-state index in [1.54, 1.807) is 150 Å². The molecule has 1 N–H and O–H groups in total. The van der Waals surface area contributed by atoms with Gasteiger partial charge in [-0.05, 0) is 175 Å². The van der Waals surface area contributed by atoms with Crippen LogP contribution in [-0.4, -0.2) is 150 Å². The minimum atomic E-state index is -0.833. The smallest absolute Gasteiger partial charge is 0.380 e. The molecule has 4 amide bonds. The molecule has 8 aromatic carbocycles. The molecule has 4 aliphatic heterocycles. The van der Waals surface area contributed by atoms with Gasteiger partial charge in [-0.3, -0.25) is 43.6 Å². The highest BCUT2D eigenvalue weighted by atomic mass is 32.2. The molecule has 0 spiro atoms. The van der Waals surface area contributed by atoms with E-state index in [1.165, 1.54) is 66.6 Å². The first-order valence-corrected chi connectivity index (χ1v) is 44.1. The third kappa shape index (κ3) is 21.8. The standard InChI is InChI=1S/4C23H19NO5S2.C2H4O2/c4*1-4-27-18-11-14(12-19-21(25)24(3)23(30)31-19)9-10-17(18)29-22(26)20-13(2)15-7-5-6-8-16(15)28-20;1-2(3)4/h4*5-12H,4H2,1-3H3;1H3,(H,3,4)/b4*19-12+;. The van der Waals surface area contributed by atoms with Crippen LogP contribution in [0.3, 0.4) is 0 Å². The number of ether oxygens (including phenoxy) is 8. The van der Waals surface area contributed by atoms with E-state index in [0.29, 0.717) is 109 Å². The molecule has 4 fully saturated rings. The second-order valence-corrected chi connectivity index (χ2v) is 34.5. The van der Waals surface area contributed by atoms with E-state index in [1.807, 2.05) is 128 Å². The van der Waals surface area contributed by atoms with Gasteiger partial charge in [-0.2, -0.15) is 0 Å². The molecule has 16 rings (SSSR count). The maximum absolute atomic E-state index is 12.8. The van der Waals surface area contributed by atoms with Gasteiger partial charge in [0.2, 0.25) is 23.0 Å². The van der Waals surface area contributed by atoms with Gasteiger partial charge in [-0.25, -0.2) is 19.2 Å². The van der Waals surface area contributed by atoms with E-state index in [0.717, 1.165) is 73.0 Å². The number of thiocarbonyl (C=S) groups is 4. The molecule has 34 heteroatoms. The van der Waals surface area contributed by atoms with Crippen molar-refractivity contribution in [1.82, 2.24) is 19.6 Å². The van der Waals surface area contributed by atoms with E-state index in [-0.39, 0.29) is 69.7 Å². The fraction of sp³-hybridized carbons (Fsp3) is 0.181. The van der Waals surface area contributed by atoms with Crippen LogP contribution in [0.2, 0.25) is 0 Å². The summed E-state index contributed by atoms with van der Waals surface area (Å²) in [4.78, 5) is 117. The number of carboxylic acid groups (broad SMARTS) is 1. The molecule has 0 atom stereocenters. The molecule has 0 saturated carbocycles. The number of aliphatic carboxylic acids is 1. The molecule has 0 bridgehead atoms. The summed E-state index contributed by atoms with van der Waals surface area (Å²) in [6, 6.07) is 50.2. The second-order valence-electron chi connectivity index (χ2n) is 27.8. The summed E-state index contributed by atoms with van der Waals surface area (Å²) in [7, 11) is 6.58. The SMILES string of the molecule is CC(=O)O.CCOc1cc(/C=C2/SC(=S)N(C)C2=O)ccc1OC(=O)c1oc2ccccc2c1C.CCOc1cc(/C=C2/SC(=S)N(C)C2=O)ccc1OC(=O)c1oc2ccccc2c1C.CCOc1cc(/C=C2/SC(=S)N(C)C2=O)ccc1OC(=O)c1oc2ccccc2c1C.CCOc1cc(/C=C2/SC(=S)N(C)C2=O)ccc1OC(=O)c1oc2ccccc2c1C. The number of fused-ring (bicyclic) bond motifs is 4. The van der Waals surface area contributed by atoms with Crippen LogP contribution in [0.1, 0.15) is 121 Å². The Balaban J connectivity index is 0.000000152. The molecule has 128 heavy (non-hydrogen) atoms. The summed E-state index contributed by atoms with van der Waals surface area (Å²) in [5.74, 6) is -0.575. The second kappa shape index (κ2) is 42.1. The normalized spacial score (nSPS) is 14.9. The maximum Gasteiger partial charge on any atom is 0.380 e. The summed E-state index contributed by atoms with van der Waals surface area (Å²) >= 11 is 25.6. The van der Waals surface area contributed by atoms with Crippen molar-refractivity contribution in [3.8, 4) is 46.0 Å². The van der Waals surface area contributed by atoms with Gasteiger partial charge >= 0.3 is 23.9 Å². The lowest BCUT2D eigenvalue weighted by molar-refractivity contribution is -0.134. The van der Waals surface area contributed by atoms with Crippen LogP contribution in [0.25, 0.3) is 68.2 Å². The number of rotatable bonds is 20. The van der Waals surface area contributed by atoms with Crippen molar-refractivity contribution < 1.29 is 104 Å². The molecule has 0 unspecified atom stereocenters. The van der Waals surface area contributed by atoms with Gasteiger partial charge in [0.15, 0.2) is 46.0 Å². The highest BCUT2D eigenvalue weighted by Gasteiger charge is 2.34. The Kier molecular flexibility index (Phi) is 31.0. The lowest BCUT2D eigenvalue weighted by Crippen LogP contribution is -2.22. The Morgan fingerprint density at radius 2 is 0.516 bits per heavy atom. The van der Waals surface area contributed by atoms with E-state index in [2.05, 4.69) is 0 Å². The Morgan fingerprint density at radius 1 is 0.328 bits per heavy atom. The third-order valence-corrected chi connectivity index (χ3v) is 25.1. The largest absolute Gasteiger partial charge is 0.490 e. The minimum Gasteiger partial charge on any atom is -0.490 e. The molecule has 4 aromatic heterocycles. The molecule has 656 valence electrons. The number of likely N-dealkylation sites (N-methyl/N-ethyl adjacent to an activating group) is 4. The van der Waals surface area contributed by atoms with Gasteiger partial charge < -0.3 is 60.7 Å². The monoisotopic (exact) mass is 1870 g/mol. The summed E-state index contributed by atoms with van der Waals surface area (Å²) < 4.78 is 69.9.